The molecule has 0 aliphatic heterocycles. The van der Waals surface area contributed by atoms with Crippen molar-refractivity contribution in [3.63, 3.8) is 0 Å². The van der Waals surface area contributed by atoms with E-state index in [0.717, 1.165) is 11.1 Å². The highest BCUT2D eigenvalue weighted by atomic mass is 19.1. The summed E-state index contributed by atoms with van der Waals surface area (Å²) in [7, 11) is 1.51. The van der Waals surface area contributed by atoms with Crippen molar-refractivity contribution in [2.45, 2.75) is 12.0 Å². The van der Waals surface area contributed by atoms with Crippen LogP contribution in [0.2, 0.25) is 0 Å². The number of methoxy groups -OCH3 is 1. The van der Waals surface area contributed by atoms with Crippen molar-refractivity contribution in [3.05, 3.63) is 89.7 Å². The van der Waals surface area contributed by atoms with E-state index in [4.69, 9.17) is 4.74 Å². The molecule has 2 N–H and O–H groups in total. The molecule has 0 spiro atoms. The lowest BCUT2D eigenvalue weighted by Gasteiger charge is -2.28. The SMILES string of the molecule is COc1cccc(C(O)(CC(=O)O)c2ccc(-c3ccc(F)cc3)cc2)c1. The Morgan fingerprint density at radius 3 is 2.11 bits per heavy atom. The van der Waals surface area contributed by atoms with Gasteiger partial charge in [0.25, 0.3) is 0 Å². The molecule has 0 bridgehead atoms. The van der Waals surface area contributed by atoms with Crippen LogP contribution in [0.15, 0.2) is 72.8 Å². The summed E-state index contributed by atoms with van der Waals surface area (Å²) in [6.07, 6.45) is -0.490. The van der Waals surface area contributed by atoms with Crippen LogP contribution in [-0.2, 0) is 10.4 Å². The van der Waals surface area contributed by atoms with Gasteiger partial charge in [-0.2, -0.15) is 0 Å². The van der Waals surface area contributed by atoms with Crippen molar-refractivity contribution in [3.8, 4) is 16.9 Å². The molecule has 0 aliphatic rings. The van der Waals surface area contributed by atoms with Gasteiger partial charge in [0.1, 0.15) is 17.2 Å². The number of halogens is 1. The highest BCUT2D eigenvalue weighted by molar-refractivity contribution is 5.70. The lowest BCUT2D eigenvalue weighted by atomic mass is 9.83. The molecule has 5 heteroatoms. The highest BCUT2D eigenvalue weighted by Crippen LogP contribution is 2.35. The van der Waals surface area contributed by atoms with Crippen LogP contribution in [0.25, 0.3) is 11.1 Å². The van der Waals surface area contributed by atoms with Crippen LogP contribution < -0.4 is 4.74 Å². The fourth-order valence-corrected chi connectivity index (χ4v) is 3.05. The smallest absolute Gasteiger partial charge is 0.306 e. The monoisotopic (exact) mass is 366 g/mol. The molecule has 0 fully saturated rings. The standard InChI is InChI=1S/C22H19FO4/c1-27-20-4-2-3-18(13-20)22(26,14-21(24)25)17-9-5-15(6-10-17)16-7-11-19(23)12-8-16/h2-13,26H,14H2,1H3,(H,24,25). The second-order valence-corrected chi connectivity index (χ2v) is 6.25. The summed E-state index contributed by atoms with van der Waals surface area (Å²) in [5.41, 5.74) is 0.831. The van der Waals surface area contributed by atoms with Crippen molar-refractivity contribution >= 4 is 5.97 Å². The second kappa shape index (κ2) is 7.60. The molecule has 3 rings (SSSR count). The molecule has 0 amide bonds. The molecule has 138 valence electrons. The first-order valence-corrected chi connectivity index (χ1v) is 8.37. The largest absolute Gasteiger partial charge is 0.497 e. The lowest BCUT2D eigenvalue weighted by Crippen LogP contribution is -2.30. The molecule has 1 unspecified atom stereocenters. The van der Waals surface area contributed by atoms with Crippen molar-refractivity contribution in [2.24, 2.45) is 0 Å². The number of benzene rings is 3. The maximum atomic E-state index is 13.1. The molecule has 0 saturated carbocycles. The summed E-state index contributed by atoms with van der Waals surface area (Å²) in [5, 5.41) is 20.6. The van der Waals surface area contributed by atoms with E-state index in [2.05, 4.69) is 0 Å². The molecule has 3 aromatic rings. The maximum Gasteiger partial charge on any atom is 0.306 e. The topological polar surface area (TPSA) is 66.8 Å². The van der Waals surface area contributed by atoms with Crippen LogP contribution in [0, 0.1) is 5.82 Å². The third-order valence-corrected chi connectivity index (χ3v) is 4.49. The molecule has 0 aromatic heterocycles. The number of ether oxygens (including phenoxy) is 1. The zero-order valence-corrected chi connectivity index (χ0v) is 14.7. The second-order valence-electron chi connectivity index (χ2n) is 6.25. The Balaban J connectivity index is 2.02. The Morgan fingerprint density at radius 2 is 1.56 bits per heavy atom. The van der Waals surface area contributed by atoms with Crippen molar-refractivity contribution in [1.29, 1.82) is 0 Å². The molecular weight excluding hydrogens is 347 g/mol. The number of carboxylic acids is 1. The number of rotatable bonds is 6. The fourth-order valence-electron chi connectivity index (χ4n) is 3.05. The average Bonchev–Trinajstić information content (AvgIpc) is 2.68. The first kappa shape index (κ1) is 18.6. The number of aliphatic hydroxyl groups is 1. The quantitative estimate of drug-likeness (QED) is 0.686. The predicted octanol–water partition coefficient (Wildman–Crippen LogP) is 4.21. The van der Waals surface area contributed by atoms with E-state index in [1.165, 1.54) is 19.2 Å². The fraction of sp³-hybridized carbons (Fsp3) is 0.136. The van der Waals surface area contributed by atoms with Gasteiger partial charge in [-0.05, 0) is 46.5 Å². The third-order valence-electron chi connectivity index (χ3n) is 4.49. The van der Waals surface area contributed by atoms with Gasteiger partial charge in [0.05, 0.1) is 13.5 Å². The highest BCUT2D eigenvalue weighted by Gasteiger charge is 2.34. The van der Waals surface area contributed by atoms with Crippen LogP contribution in [0.5, 0.6) is 5.75 Å². The number of hydrogen-bond acceptors (Lipinski definition) is 3. The summed E-state index contributed by atoms with van der Waals surface area (Å²) in [4.78, 5) is 11.4. The number of carboxylic acid groups (broad SMARTS) is 1. The third kappa shape index (κ3) is 3.99. The Kier molecular flexibility index (Phi) is 5.23. The van der Waals surface area contributed by atoms with E-state index >= 15 is 0 Å². The van der Waals surface area contributed by atoms with Crippen LogP contribution in [0.1, 0.15) is 17.5 Å². The van der Waals surface area contributed by atoms with E-state index in [9.17, 15) is 19.4 Å². The normalized spacial score (nSPS) is 13.0. The van der Waals surface area contributed by atoms with E-state index in [1.807, 2.05) is 0 Å². The Hall–Kier alpha value is -3.18. The molecule has 0 radical (unpaired) electrons. The molecule has 27 heavy (non-hydrogen) atoms. The minimum absolute atomic E-state index is 0.316. The van der Waals surface area contributed by atoms with E-state index < -0.39 is 18.0 Å². The van der Waals surface area contributed by atoms with Crippen LogP contribution in [-0.4, -0.2) is 23.3 Å². The molecule has 1 atom stereocenters. The van der Waals surface area contributed by atoms with Crippen LogP contribution in [0.3, 0.4) is 0 Å². The molecule has 4 nitrogen and oxygen atoms in total. The van der Waals surface area contributed by atoms with E-state index in [-0.39, 0.29) is 5.82 Å². The van der Waals surface area contributed by atoms with Gasteiger partial charge >= 0.3 is 5.97 Å². The average molecular weight is 366 g/mol. The van der Waals surface area contributed by atoms with Crippen LogP contribution >= 0.6 is 0 Å². The number of carbonyl (C=O) groups is 1. The van der Waals surface area contributed by atoms with Gasteiger partial charge in [0, 0.05) is 0 Å². The first-order chi connectivity index (χ1) is 12.9. The minimum Gasteiger partial charge on any atom is -0.497 e. The minimum atomic E-state index is -1.71. The predicted molar refractivity (Wildman–Crippen MR) is 100 cm³/mol. The zero-order chi connectivity index (χ0) is 19.4. The Labute approximate surface area is 156 Å². The number of aliphatic carboxylic acids is 1. The van der Waals surface area contributed by atoms with Gasteiger partial charge in [-0.1, -0.05) is 48.5 Å². The summed E-state index contributed by atoms with van der Waals surface area (Å²) in [6, 6.07) is 19.7. The van der Waals surface area contributed by atoms with Crippen molar-refractivity contribution in [1.82, 2.24) is 0 Å². The van der Waals surface area contributed by atoms with Gasteiger partial charge in [-0.3, -0.25) is 4.79 Å². The van der Waals surface area contributed by atoms with Gasteiger partial charge in [-0.25, -0.2) is 4.39 Å². The molecule has 0 saturated heterocycles. The molecule has 0 heterocycles. The van der Waals surface area contributed by atoms with Crippen molar-refractivity contribution < 1.29 is 24.1 Å². The van der Waals surface area contributed by atoms with Crippen molar-refractivity contribution in [2.75, 3.05) is 7.11 Å². The molecule has 3 aromatic carbocycles. The summed E-state index contributed by atoms with van der Waals surface area (Å²) in [5.74, 6) is -0.911. The lowest BCUT2D eigenvalue weighted by molar-refractivity contribution is -0.141. The van der Waals surface area contributed by atoms with Gasteiger partial charge < -0.3 is 14.9 Å². The summed E-state index contributed by atoms with van der Waals surface area (Å²) >= 11 is 0. The Morgan fingerprint density at radius 1 is 0.963 bits per heavy atom. The Bertz CT molecular complexity index is 935. The van der Waals surface area contributed by atoms with Gasteiger partial charge in [-0.15, -0.1) is 0 Å². The zero-order valence-electron chi connectivity index (χ0n) is 14.7. The summed E-state index contributed by atoms with van der Waals surface area (Å²) in [6.45, 7) is 0. The maximum absolute atomic E-state index is 13.1. The molecular formula is C22H19FO4. The van der Waals surface area contributed by atoms with Gasteiger partial charge in [0.15, 0.2) is 0 Å². The first-order valence-electron chi connectivity index (χ1n) is 8.37. The van der Waals surface area contributed by atoms with Crippen LogP contribution in [0.4, 0.5) is 4.39 Å². The van der Waals surface area contributed by atoms with E-state index in [0.29, 0.717) is 16.9 Å². The van der Waals surface area contributed by atoms with E-state index in [1.54, 1.807) is 60.7 Å². The van der Waals surface area contributed by atoms with Gasteiger partial charge in [0.2, 0.25) is 0 Å². The number of hydrogen-bond donors (Lipinski definition) is 2. The molecule has 0 aliphatic carbocycles. The summed E-state index contributed by atoms with van der Waals surface area (Å²) < 4.78 is 18.3.